The number of hydrogen-bond donors (Lipinski definition) is 1. The lowest BCUT2D eigenvalue weighted by Gasteiger charge is -2.12. The minimum Gasteiger partial charge on any atom is -0.321 e. The number of nitrogens with one attached hydrogen (secondary N) is 1. The Morgan fingerprint density at radius 3 is 2.57 bits per heavy atom. The van der Waals surface area contributed by atoms with Crippen LogP contribution >= 0.6 is 23.4 Å². The fraction of sp³-hybridized carbons (Fsp3) is 0.133. The van der Waals surface area contributed by atoms with Crippen molar-refractivity contribution < 1.29 is 13.6 Å². The number of benzene rings is 2. The zero-order valence-electron chi connectivity index (χ0n) is 11.1. The summed E-state index contributed by atoms with van der Waals surface area (Å²) in [6.45, 7) is 1.81. The summed E-state index contributed by atoms with van der Waals surface area (Å²) in [6.07, 6.45) is 0. The predicted octanol–water partition coefficient (Wildman–Crippen LogP) is 5.22. The summed E-state index contributed by atoms with van der Waals surface area (Å²) in [6, 6.07) is 11.7. The Morgan fingerprint density at radius 1 is 1.19 bits per heavy atom. The molecule has 0 bridgehead atoms. The minimum atomic E-state index is -2.61. The molecule has 0 aliphatic carbocycles. The molecule has 0 spiro atoms. The van der Waals surface area contributed by atoms with Crippen molar-refractivity contribution >= 4 is 35.0 Å². The van der Waals surface area contributed by atoms with Crippen LogP contribution in [-0.2, 0) is 0 Å². The van der Waals surface area contributed by atoms with Crippen molar-refractivity contribution in [1.29, 1.82) is 0 Å². The number of hydrogen-bond acceptors (Lipinski definition) is 2. The summed E-state index contributed by atoms with van der Waals surface area (Å²) in [5, 5.41) is 2.82. The standard InChI is InChI=1S/C15H12ClF2NOS/c1-9-5-2-3-6-10(9)14(20)19-12-8-4-7-11(16)13(12)21-15(17)18/h2-8,15H,1H3,(H,19,20). The van der Waals surface area contributed by atoms with Crippen molar-refractivity contribution in [3.63, 3.8) is 0 Å². The first-order valence-corrected chi connectivity index (χ1v) is 7.35. The van der Waals surface area contributed by atoms with Crippen molar-refractivity contribution in [3.05, 3.63) is 58.6 Å². The van der Waals surface area contributed by atoms with Gasteiger partial charge in [0.15, 0.2) is 0 Å². The van der Waals surface area contributed by atoms with Gasteiger partial charge in [-0.15, -0.1) is 0 Å². The van der Waals surface area contributed by atoms with Gasteiger partial charge in [0.1, 0.15) is 0 Å². The number of carbonyl (C=O) groups is 1. The molecule has 21 heavy (non-hydrogen) atoms. The van der Waals surface area contributed by atoms with Crippen LogP contribution in [0.4, 0.5) is 14.5 Å². The van der Waals surface area contributed by atoms with E-state index in [1.807, 2.05) is 19.1 Å². The van der Waals surface area contributed by atoms with Gasteiger partial charge in [0.05, 0.1) is 15.6 Å². The fourth-order valence-corrected chi connectivity index (χ4v) is 2.75. The second-order valence-corrected chi connectivity index (χ2v) is 5.67. The van der Waals surface area contributed by atoms with E-state index in [9.17, 15) is 13.6 Å². The van der Waals surface area contributed by atoms with Crippen molar-refractivity contribution in [2.75, 3.05) is 5.32 Å². The lowest BCUT2D eigenvalue weighted by Crippen LogP contribution is -2.14. The number of rotatable bonds is 4. The quantitative estimate of drug-likeness (QED) is 0.780. The average molecular weight is 328 g/mol. The van der Waals surface area contributed by atoms with E-state index in [0.717, 1.165) is 5.56 Å². The summed E-state index contributed by atoms with van der Waals surface area (Å²) in [7, 11) is 0. The van der Waals surface area contributed by atoms with Crippen LogP contribution in [0.1, 0.15) is 15.9 Å². The second-order valence-electron chi connectivity index (χ2n) is 4.26. The number of anilines is 1. The van der Waals surface area contributed by atoms with Crippen LogP contribution < -0.4 is 5.32 Å². The maximum atomic E-state index is 12.6. The molecule has 0 saturated heterocycles. The first kappa shape index (κ1) is 15.8. The van der Waals surface area contributed by atoms with Crippen LogP contribution in [0.3, 0.4) is 0 Å². The van der Waals surface area contributed by atoms with Crippen LogP contribution in [-0.4, -0.2) is 11.7 Å². The SMILES string of the molecule is Cc1ccccc1C(=O)Nc1cccc(Cl)c1SC(F)F. The van der Waals surface area contributed by atoms with E-state index < -0.39 is 5.76 Å². The average Bonchev–Trinajstić information content (AvgIpc) is 2.42. The van der Waals surface area contributed by atoms with Gasteiger partial charge >= 0.3 is 0 Å². The van der Waals surface area contributed by atoms with Gasteiger partial charge in [-0.05, 0) is 30.7 Å². The number of halogens is 3. The molecule has 0 atom stereocenters. The van der Waals surface area contributed by atoms with Gasteiger partial charge in [-0.25, -0.2) is 0 Å². The van der Waals surface area contributed by atoms with E-state index >= 15 is 0 Å². The van der Waals surface area contributed by atoms with Gasteiger partial charge in [-0.1, -0.05) is 47.6 Å². The van der Waals surface area contributed by atoms with Crippen LogP contribution in [0, 0.1) is 6.92 Å². The van der Waals surface area contributed by atoms with E-state index in [1.165, 1.54) is 6.07 Å². The summed E-state index contributed by atoms with van der Waals surface area (Å²) in [5.41, 5.74) is 1.58. The molecule has 0 saturated carbocycles. The van der Waals surface area contributed by atoms with E-state index in [1.54, 1.807) is 24.3 Å². The molecule has 2 aromatic rings. The molecular formula is C15H12ClF2NOS. The van der Waals surface area contributed by atoms with Gasteiger partial charge in [0, 0.05) is 5.56 Å². The molecule has 1 N–H and O–H groups in total. The Bertz CT molecular complexity index is 664. The zero-order valence-corrected chi connectivity index (χ0v) is 12.6. The van der Waals surface area contributed by atoms with Crippen LogP contribution in [0.15, 0.2) is 47.4 Å². The molecule has 0 fully saturated rings. The van der Waals surface area contributed by atoms with Crippen molar-refractivity contribution in [3.8, 4) is 0 Å². The third-order valence-corrected chi connectivity index (χ3v) is 4.09. The molecular weight excluding hydrogens is 316 g/mol. The Balaban J connectivity index is 2.29. The Morgan fingerprint density at radius 2 is 1.90 bits per heavy atom. The molecule has 2 aromatic carbocycles. The highest BCUT2D eigenvalue weighted by Crippen LogP contribution is 2.37. The van der Waals surface area contributed by atoms with E-state index in [2.05, 4.69) is 5.32 Å². The number of thioether (sulfide) groups is 1. The van der Waals surface area contributed by atoms with Crippen molar-refractivity contribution in [1.82, 2.24) is 0 Å². The topological polar surface area (TPSA) is 29.1 Å². The summed E-state index contributed by atoms with van der Waals surface area (Å²) in [5.74, 6) is -2.97. The molecule has 2 nitrogen and oxygen atoms in total. The Kier molecular flexibility index (Phi) is 5.20. The largest absolute Gasteiger partial charge is 0.321 e. The molecule has 0 heterocycles. The van der Waals surface area contributed by atoms with Gasteiger partial charge in [0.2, 0.25) is 0 Å². The van der Waals surface area contributed by atoms with Gasteiger partial charge < -0.3 is 5.32 Å². The van der Waals surface area contributed by atoms with Crippen LogP contribution in [0.2, 0.25) is 5.02 Å². The highest BCUT2D eigenvalue weighted by molar-refractivity contribution is 7.99. The first-order chi connectivity index (χ1) is 9.99. The normalized spacial score (nSPS) is 10.7. The van der Waals surface area contributed by atoms with Crippen molar-refractivity contribution in [2.45, 2.75) is 17.6 Å². The minimum absolute atomic E-state index is 0.163. The Labute approximate surface area is 130 Å². The van der Waals surface area contributed by atoms with E-state index in [4.69, 9.17) is 11.6 Å². The van der Waals surface area contributed by atoms with Crippen LogP contribution in [0.25, 0.3) is 0 Å². The summed E-state index contributed by atoms with van der Waals surface area (Å²) in [4.78, 5) is 12.4. The maximum Gasteiger partial charge on any atom is 0.289 e. The maximum absolute atomic E-state index is 12.6. The summed E-state index contributed by atoms with van der Waals surface area (Å²) < 4.78 is 25.2. The van der Waals surface area contributed by atoms with E-state index in [0.29, 0.717) is 17.3 Å². The third-order valence-electron chi connectivity index (χ3n) is 2.81. The highest BCUT2D eigenvalue weighted by atomic mass is 35.5. The summed E-state index contributed by atoms with van der Waals surface area (Å²) >= 11 is 6.24. The fourth-order valence-electron chi connectivity index (χ4n) is 1.83. The molecule has 1 amide bonds. The monoisotopic (exact) mass is 327 g/mol. The number of aryl methyl sites for hydroxylation is 1. The number of carbonyl (C=O) groups excluding carboxylic acids is 1. The molecule has 6 heteroatoms. The highest BCUT2D eigenvalue weighted by Gasteiger charge is 2.16. The molecule has 0 unspecified atom stereocenters. The Hall–Kier alpha value is -1.59. The third kappa shape index (κ3) is 3.95. The molecule has 2 rings (SSSR count). The lowest BCUT2D eigenvalue weighted by molar-refractivity contribution is 0.102. The van der Waals surface area contributed by atoms with Crippen LogP contribution in [0.5, 0.6) is 0 Å². The number of amides is 1. The predicted molar refractivity (Wildman–Crippen MR) is 82.4 cm³/mol. The molecule has 110 valence electrons. The van der Waals surface area contributed by atoms with Gasteiger partial charge in [-0.2, -0.15) is 8.78 Å². The van der Waals surface area contributed by atoms with Gasteiger partial charge in [0.25, 0.3) is 11.7 Å². The zero-order chi connectivity index (χ0) is 15.4. The van der Waals surface area contributed by atoms with E-state index in [-0.39, 0.29) is 21.5 Å². The first-order valence-electron chi connectivity index (χ1n) is 6.09. The smallest absolute Gasteiger partial charge is 0.289 e. The molecule has 0 radical (unpaired) electrons. The number of alkyl halides is 2. The second kappa shape index (κ2) is 6.91. The lowest BCUT2D eigenvalue weighted by atomic mass is 10.1. The molecule has 0 aromatic heterocycles. The molecule has 0 aliphatic rings. The van der Waals surface area contributed by atoms with Crippen molar-refractivity contribution in [2.24, 2.45) is 0 Å². The molecule has 0 aliphatic heterocycles. The van der Waals surface area contributed by atoms with Gasteiger partial charge in [-0.3, -0.25) is 4.79 Å².